The van der Waals surface area contributed by atoms with E-state index in [2.05, 4.69) is 11.9 Å². The van der Waals surface area contributed by atoms with Gasteiger partial charge < -0.3 is 10.6 Å². The summed E-state index contributed by atoms with van der Waals surface area (Å²) in [5.74, 6) is -0.183. The van der Waals surface area contributed by atoms with Crippen LogP contribution in [-0.2, 0) is 0 Å². The van der Waals surface area contributed by atoms with Crippen LogP contribution in [0, 0.1) is 5.82 Å². The summed E-state index contributed by atoms with van der Waals surface area (Å²) in [6.07, 6.45) is 8.84. The quantitative estimate of drug-likeness (QED) is 0.828. The van der Waals surface area contributed by atoms with Crippen molar-refractivity contribution >= 4 is 0 Å². The molecule has 2 nitrogen and oxygen atoms in total. The average Bonchev–Trinajstić information content (AvgIpc) is 2.74. The van der Waals surface area contributed by atoms with Gasteiger partial charge in [-0.15, -0.1) is 0 Å². The molecule has 0 bridgehead atoms. The fraction of sp³-hybridized carbons (Fsp3) is 0.647. The molecule has 0 saturated heterocycles. The van der Waals surface area contributed by atoms with Gasteiger partial charge in [0.1, 0.15) is 5.82 Å². The Hall–Kier alpha value is -0.930. The molecule has 0 aliphatic heterocycles. The van der Waals surface area contributed by atoms with Crippen LogP contribution in [-0.4, -0.2) is 24.5 Å². The molecule has 1 aliphatic rings. The zero-order chi connectivity index (χ0) is 14.4. The maximum absolute atomic E-state index is 13.7. The molecule has 1 atom stereocenters. The van der Waals surface area contributed by atoms with Gasteiger partial charge >= 0.3 is 0 Å². The molecule has 1 aliphatic carbocycles. The van der Waals surface area contributed by atoms with Crippen LogP contribution in [0.5, 0.6) is 0 Å². The van der Waals surface area contributed by atoms with Crippen LogP contribution in [0.15, 0.2) is 24.3 Å². The second-order valence-electron chi connectivity index (χ2n) is 6.04. The summed E-state index contributed by atoms with van der Waals surface area (Å²) in [5, 5.41) is 0. The van der Waals surface area contributed by atoms with E-state index in [1.165, 1.54) is 44.6 Å². The molecule has 2 rings (SSSR count). The molecular weight excluding hydrogens is 251 g/mol. The van der Waals surface area contributed by atoms with Gasteiger partial charge in [-0.05, 0) is 38.9 Å². The first-order chi connectivity index (χ1) is 9.68. The smallest absolute Gasteiger partial charge is 0.127 e. The van der Waals surface area contributed by atoms with Crippen molar-refractivity contribution in [3.8, 4) is 0 Å². The van der Waals surface area contributed by atoms with Crippen LogP contribution in [0.1, 0.15) is 56.6 Å². The van der Waals surface area contributed by atoms with Crippen LogP contribution in [0.25, 0.3) is 0 Å². The number of nitrogens with two attached hydrogens (primary N) is 1. The molecule has 0 spiro atoms. The van der Waals surface area contributed by atoms with Crippen LogP contribution in [0.4, 0.5) is 4.39 Å². The van der Waals surface area contributed by atoms with Crippen molar-refractivity contribution < 1.29 is 4.39 Å². The van der Waals surface area contributed by atoms with Crippen LogP contribution in [0.3, 0.4) is 0 Å². The molecule has 1 saturated carbocycles. The lowest BCUT2D eigenvalue weighted by Gasteiger charge is -2.28. The maximum atomic E-state index is 13.7. The third kappa shape index (κ3) is 4.29. The Bertz CT molecular complexity index is 400. The normalized spacial score (nSPS) is 19.0. The van der Waals surface area contributed by atoms with E-state index < -0.39 is 0 Å². The first-order valence-electron chi connectivity index (χ1n) is 7.88. The lowest BCUT2D eigenvalue weighted by atomic mass is 10.0. The van der Waals surface area contributed by atoms with Crippen molar-refractivity contribution in [2.24, 2.45) is 5.73 Å². The fourth-order valence-corrected chi connectivity index (χ4v) is 3.16. The zero-order valence-corrected chi connectivity index (χ0v) is 12.5. The van der Waals surface area contributed by atoms with Gasteiger partial charge in [0.05, 0.1) is 0 Å². The molecule has 1 aromatic carbocycles. The molecule has 0 amide bonds. The molecule has 0 radical (unpaired) electrons. The number of hydrogen-bond donors (Lipinski definition) is 1. The molecule has 112 valence electrons. The van der Waals surface area contributed by atoms with E-state index in [0.29, 0.717) is 11.6 Å². The SMILES string of the molecule is CN(CCC(N)c1ccccc1F)C1CCCCCC1. The van der Waals surface area contributed by atoms with Gasteiger partial charge in [0.2, 0.25) is 0 Å². The number of nitrogens with zero attached hydrogens (tertiary/aromatic N) is 1. The standard InChI is InChI=1S/C17H27FN2/c1-20(14-8-4-2-3-5-9-14)13-12-17(19)15-10-6-7-11-16(15)18/h6-7,10-11,14,17H,2-5,8-9,12-13,19H2,1H3. The minimum Gasteiger partial charge on any atom is -0.324 e. The first kappa shape index (κ1) is 15.5. The van der Waals surface area contributed by atoms with Crippen LogP contribution >= 0.6 is 0 Å². The highest BCUT2D eigenvalue weighted by Crippen LogP contribution is 2.23. The Morgan fingerprint density at radius 1 is 1.20 bits per heavy atom. The second kappa shape index (κ2) is 7.75. The number of rotatable bonds is 5. The maximum Gasteiger partial charge on any atom is 0.127 e. The van der Waals surface area contributed by atoms with Gasteiger partial charge in [-0.1, -0.05) is 43.9 Å². The van der Waals surface area contributed by atoms with E-state index in [4.69, 9.17) is 5.73 Å². The molecule has 0 aromatic heterocycles. The molecule has 1 aromatic rings. The summed E-state index contributed by atoms with van der Waals surface area (Å²) in [4.78, 5) is 2.42. The van der Waals surface area contributed by atoms with Crippen molar-refractivity contribution in [1.82, 2.24) is 4.90 Å². The Morgan fingerprint density at radius 3 is 2.50 bits per heavy atom. The third-order valence-corrected chi connectivity index (χ3v) is 4.55. The van der Waals surface area contributed by atoms with E-state index in [0.717, 1.165) is 13.0 Å². The Kier molecular flexibility index (Phi) is 5.99. The van der Waals surface area contributed by atoms with Gasteiger partial charge in [0.15, 0.2) is 0 Å². The third-order valence-electron chi connectivity index (χ3n) is 4.55. The van der Waals surface area contributed by atoms with Gasteiger partial charge in [0.25, 0.3) is 0 Å². The number of hydrogen-bond acceptors (Lipinski definition) is 2. The second-order valence-corrected chi connectivity index (χ2v) is 6.04. The largest absolute Gasteiger partial charge is 0.324 e. The van der Waals surface area contributed by atoms with E-state index in [-0.39, 0.29) is 11.9 Å². The van der Waals surface area contributed by atoms with Crippen LogP contribution < -0.4 is 5.73 Å². The van der Waals surface area contributed by atoms with Crippen molar-refractivity contribution in [3.05, 3.63) is 35.6 Å². The predicted molar refractivity (Wildman–Crippen MR) is 82.1 cm³/mol. The monoisotopic (exact) mass is 278 g/mol. The van der Waals surface area contributed by atoms with E-state index >= 15 is 0 Å². The predicted octanol–water partition coefficient (Wildman–Crippen LogP) is 3.87. The Labute approximate surface area is 122 Å². The molecule has 2 N–H and O–H groups in total. The fourth-order valence-electron chi connectivity index (χ4n) is 3.16. The lowest BCUT2D eigenvalue weighted by Crippen LogP contribution is -2.33. The van der Waals surface area contributed by atoms with Crippen molar-refractivity contribution in [2.75, 3.05) is 13.6 Å². The number of halogens is 1. The summed E-state index contributed by atoms with van der Waals surface area (Å²) in [6.45, 7) is 0.945. The molecule has 1 fully saturated rings. The summed E-state index contributed by atoms with van der Waals surface area (Å²) < 4.78 is 13.7. The van der Waals surface area contributed by atoms with Gasteiger partial charge in [-0.3, -0.25) is 0 Å². The van der Waals surface area contributed by atoms with Gasteiger partial charge in [-0.25, -0.2) is 4.39 Å². The van der Waals surface area contributed by atoms with E-state index in [9.17, 15) is 4.39 Å². The summed E-state index contributed by atoms with van der Waals surface area (Å²) in [7, 11) is 2.18. The average molecular weight is 278 g/mol. The lowest BCUT2D eigenvalue weighted by molar-refractivity contribution is 0.213. The summed E-state index contributed by atoms with van der Waals surface area (Å²) >= 11 is 0. The Balaban J connectivity index is 1.83. The van der Waals surface area contributed by atoms with Crippen molar-refractivity contribution in [3.63, 3.8) is 0 Å². The summed E-state index contributed by atoms with van der Waals surface area (Å²) in [6, 6.07) is 7.33. The Morgan fingerprint density at radius 2 is 1.85 bits per heavy atom. The minimum atomic E-state index is -0.204. The molecular formula is C17H27FN2. The molecule has 3 heteroatoms. The van der Waals surface area contributed by atoms with Crippen LogP contribution in [0.2, 0.25) is 0 Å². The van der Waals surface area contributed by atoms with Crippen molar-refractivity contribution in [1.29, 1.82) is 0 Å². The highest BCUT2D eigenvalue weighted by Gasteiger charge is 2.18. The first-order valence-corrected chi connectivity index (χ1v) is 7.88. The number of benzene rings is 1. The molecule has 20 heavy (non-hydrogen) atoms. The van der Waals surface area contributed by atoms with Gasteiger partial charge in [0, 0.05) is 17.6 Å². The minimum absolute atomic E-state index is 0.183. The van der Waals surface area contributed by atoms with Gasteiger partial charge in [-0.2, -0.15) is 0 Å². The highest BCUT2D eigenvalue weighted by atomic mass is 19.1. The highest BCUT2D eigenvalue weighted by molar-refractivity contribution is 5.20. The van der Waals surface area contributed by atoms with E-state index in [1.54, 1.807) is 12.1 Å². The summed E-state index contributed by atoms with van der Waals surface area (Å²) in [5.41, 5.74) is 6.78. The molecule has 0 heterocycles. The molecule has 1 unspecified atom stereocenters. The zero-order valence-electron chi connectivity index (χ0n) is 12.5. The van der Waals surface area contributed by atoms with Crippen molar-refractivity contribution in [2.45, 2.75) is 57.0 Å². The van der Waals surface area contributed by atoms with E-state index in [1.807, 2.05) is 6.07 Å². The topological polar surface area (TPSA) is 29.3 Å².